The second kappa shape index (κ2) is 5.59. The van der Waals surface area contributed by atoms with Crippen LogP contribution in [0.1, 0.15) is 31.9 Å². The molecule has 2 rings (SSSR count). The summed E-state index contributed by atoms with van der Waals surface area (Å²) in [6.45, 7) is 5.78. The highest BCUT2D eigenvalue weighted by molar-refractivity contribution is 9.10. The molecule has 1 heterocycles. The van der Waals surface area contributed by atoms with Gasteiger partial charge < -0.3 is 15.7 Å². The van der Waals surface area contributed by atoms with E-state index in [-0.39, 0.29) is 12.1 Å². The van der Waals surface area contributed by atoms with Gasteiger partial charge in [-0.1, -0.05) is 22.9 Å². The molecule has 1 aromatic rings. The first-order valence-electron chi connectivity index (χ1n) is 6.47. The Morgan fingerprint density at radius 1 is 1.50 bits per heavy atom. The molecule has 1 aromatic carbocycles. The maximum atomic E-state index is 10.0. The van der Waals surface area contributed by atoms with Crippen molar-refractivity contribution in [2.45, 2.75) is 32.4 Å². The first kappa shape index (κ1) is 13.8. The lowest BCUT2D eigenvalue weighted by atomic mass is 9.94. The van der Waals surface area contributed by atoms with Gasteiger partial charge in [0, 0.05) is 29.3 Å². The monoisotopic (exact) mass is 312 g/mol. The molecular weight excluding hydrogens is 292 g/mol. The van der Waals surface area contributed by atoms with E-state index in [1.807, 2.05) is 13.0 Å². The fourth-order valence-corrected chi connectivity index (χ4v) is 2.82. The van der Waals surface area contributed by atoms with E-state index in [0.717, 1.165) is 28.7 Å². The molecule has 0 saturated carbocycles. The van der Waals surface area contributed by atoms with Gasteiger partial charge in [-0.15, -0.1) is 0 Å². The molecular formula is C14H21BrN2O. The minimum absolute atomic E-state index is 0.00556. The molecule has 0 bridgehead atoms. The number of aliphatic hydroxyl groups is 1. The summed E-state index contributed by atoms with van der Waals surface area (Å²) >= 11 is 3.49. The van der Waals surface area contributed by atoms with Crippen LogP contribution in [0.25, 0.3) is 0 Å². The minimum Gasteiger partial charge on any atom is -0.391 e. The third-order valence-corrected chi connectivity index (χ3v) is 4.23. The predicted octanol–water partition coefficient (Wildman–Crippen LogP) is 2.68. The molecule has 1 aliphatic rings. The molecule has 3 nitrogen and oxygen atoms in total. The SMILES string of the molecule is CC(N)c1cc(Br)ccc1N1CCC(C)C(O)C1. The van der Waals surface area contributed by atoms with Gasteiger partial charge in [0.15, 0.2) is 0 Å². The Kier molecular flexibility index (Phi) is 4.30. The molecule has 0 aromatic heterocycles. The lowest BCUT2D eigenvalue weighted by Gasteiger charge is -2.37. The Labute approximate surface area is 117 Å². The Morgan fingerprint density at radius 3 is 2.83 bits per heavy atom. The highest BCUT2D eigenvalue weighted by Gasteiger charge is 2.26. The van der Waals surface area contributed by atoms with Gasteiger partial charge >= 0.3 is 0 Å². The Hall–Kier alpha value is -0.580. The van der Waals surface area contributed by atoms with Crippen LogP contribution in [-0.2, 0) is 0 Å². The van der Waals surface area contributed by atoms with E-state index in [2.05, 4.69) is 39.9 Å². The Bertz CT molecular complexity index is 422. The number of rotatable bonds is 2. The number of nitrogens with two attached hydrogens (primary N) is 1. The first-order chi connectivity index (χ1) is 8.49. The molecule has 3 unspecified atom stereocenters. The minimum atomic E-state index is -0.247. The third-order valence-electron chi connectivity index (χ3n) is 3.74. The van der Waals surface area contributed by atoms with E-state index in [9.17, 15) is 5.11 Å². The summed E-state index contributed by atoms with van der Waals surface area (Å²) in [6, 6.07) is 6.19. The number of piperidine rings is 1. The molecule has 1 fully saturated rings. The number of nitrogens with zero attached hydrogens (tertiary/aromatic N) is 1. The van der Waals surface area contributed by atoms with Gasteiger partial charge in [0.25, 0.3) is 0 Å². The van der Waals surface area contributed by atoms with Crippen LogP contribution in [0.4, 0.5) is 5.69 Å². The van der Waals surface area contributed by atoms with E-state index in [1.54, 1.807) is 0 Å². The number of hydrogen-bond acceptors (Lipinski definition) is 3. The van der Waals surface area contributed by atoms with E-state index >= 15 is 0 Å². The van der Waals surface area contributed by atoms with E-state index in [1.165, 1.54) is 0 Å². The van der Waals surface area contributed by atoms with Gasteiger partial charge in [0.1, 0.15) is 0 Å². The highest BCUT2D eigenvalue weighted by Crippen LogP contribution is 2.31. The topological polar surface area (TPSA) is 49.5 Å². The summed E-state index contributed by atoms with van der Waals surface area (Å²) in [4.78, 5) is 2.25. The Morgan fingerprint density at radius 2 is 2.22 bits per heavy atom. The molecule has 3 N–H and O–H groups in total. The molecule has 4 heteroatoms. The van der Waals surface area contributed by atoms with Crippen molar-refractivity contribution in [3.05, 3.63) is 28.2 Å². The normalized spacial score (nSPS) is 26.2. The second-order valence-electron chi connectivity index (χ2n) is 5.27. The molecule has 18 heavy (non-hydrogen) atoms. The largest absolute Gasteiger partial charge is 0.391 e. The molecule has 0 radical (unpaired) electrons. The first-order valence-corrected chi connectivity index (χ1v) is 7.26. The fraction of sp³-hybridized carbons (Fsp3) is 0.571. The molecule has 0 aliphatic carbocycles. The van der Waals surface area contributed by atoms with Crippen LogP contribution in [0.5, 0.6) is 0 Å². The summed E-state index contributed by atoms with van der Waals surface area (Å²) in [7, 11) is 0. The predicted molar refractivity (Wildman–Crippen MR) is 78.7 cm³/mol. The summed E-state index contributed by atoms with van der Waals surface area (Å²) in [5.41, 5.74) is 8.32. The number of aliphatic hydroxyl groups excluding tert-OH is 1. The van der Waals surface area contributed by atoms with Gasteiger partial charge in [-0.25, -0.2) is 0 Å². The lowest BCUT2D eigenvalue weighted by Crippen LogP contribution is -2.43. The van der Waals surface area contributed by atoms with Crippen LogP contribution >= 0.6 is 15.9 Å². The van der Waals surface area contributed by atoms with Crippen molar-refractivity contribution in [1.82, 2.24) is 0 Å². The second-order valence-corrected chi connectivity index (χ2v) is 6.19. The zero-order valence-electron chi connectivity index (χ0n) is 10.9. The molecule has 0 spiro atoms. The maximum absolute atomic E-state index is 10.0. The van der Waals surface area contributed by atoms with Crippen molar-refractivity contribution in [1.29, 1.82) is 0 Å². The van der Waals surface area contributed by atoms with Crippen LogP contribution in [0.3, 0.4) is 0 Å². The molecule has 1 saturated heterocycles. The zero-order chi connectivity index (χ0) is 13.3. The van der Waals surface area contributed by atoms with Crippen LogP contribution < -0.4 is 10.6 Å². The number of halogens is 1. The van der Waals surface area contributed by atoms with E-state index < -0.39 is 0 Å². The van der Waals surface area contributed by atoms with Gasteiger partial charge in [0.05, 0.1) is 6.10 Å². The van der Waals surface area contributed by atoms with Gasteiger partial charge in [-0.05, 0) is 43.0 Å². The van der Waals surface area contributed by atoms with Gasteiger partial charge in [-0.2, -0.15) is 0 Å². The maximum Gasteiger partial charge on any atom is 0.0741 e. The standard InChI is InChI=1S/C14H21BrN2O/c1-9-5-6-17(8-14(9)18)13-4-3-11(15)7-12(13)10(2)16/h3-4,7,9-10,14,18H,5-6,8,16H2,1-2H3. The zero-order valence-corrected chi connectivity index (χ0v) is 12.5. The highest BCUT2D eigenvalue weighted by atomic mass is 79.9. The quantitative estimate of drug-likeness (QED) is 0.882. The molecule has 0 amide bonds. The van der Waals surface area contributed by atoms with Crippen molar-refractivity contribution in [2.24, 2.45) is 11.7 Å². The van der Waals surface area contributed by atoms with Crippen LogP contribution in [0.15, 0.2) is 22.7 Å². The van der Waals surface area contributed by atoms with E-state index in [0.29, 0.717) is 12.5 Å². The summed E-state index contributed by atoms with van der Waals surface area (Å²) in [6.07, 6.45) is 0.777. The van der Waals surface area contributed by atoms with Crippen LogP contribution in [0.2, 0.25) is 0 Å². The molecule has 100 valence electrons. The van der Waals surface area contributed by atoms with Crippen LogP contribution in [0, 0.1) is 5.92 Å². The van der Waals surface area contributed by atoms with Crippen molar-refractivity contribution < 1.29 is 5.11 Å². The van der Waals surface area contributed by atoms with Crippen molar-refractivity contribution >= 4 is 21.6 Å². The summed E-state index contributed by atoms with van der Waals surface area (Å²) in [5, 5.41) is 10.0. The average molecular weight is 313 g/mol. The van der Waals surface area contributed by atoms with Gasteiger partial charge in [-0.3, -0.25) is 0 Å². The van der Waals surface area contributed by atoms with E-state index in [4.69, 9.17) is 5.73 Å². The van der Waals surface area contributed by atoms with Crippen LogP contribution in [-0.4, -0.2) is 24.3 Å². The van der Waals surface area contributed by atoms with Crippen molar-refractivity contribution in [3.8, 4) is 0 Å². The third kappa shape index (κ3) is 2.87. The average Bonchev–Trinajstić information content (AvgIpc) is 2.32. The molecule has 1 aliphatic heterocycles. The summed E-state index contributed by atoms with van der Waals surface area (Å²) in [5.74, 6) is 0.385. The lowest BCUT2D eigenvalue weighted by molar-refractivity contribution is 0.103. The summed E-state index contributed by atoms with van der Waals surface area (Å²) < 4.78 is 1.05. The number of β-amino-alcohol motifs (C(OH)–C–C–N with tert-alkyl or cyclic N) is 1. The van der Waals surface area contributed by atoms with Crippen molar-refractivity contribution in [2.75, 3.05) is 18.0 Å². The molecule has 3 atom stereocenters. The fourth-order valence-electron chi connectivity index (χ4n) is 2.45. The number of hydrogen-bond donors (Lipinski definition) is 2. The Balaban J connectivity index is 2.28. The van der Waals surface area contributed by atoms with Crippen molar-refractivity contribution in [3.63, 3.8) is 0 Å². The smallest absolute Gasteiger partial charge is 0.0741 e. The number of anilines is 1. The number of benzene rings is 1. The van der Waals surface area contributed by atoms with Gasteiger partial charge in [0.2, 0.25) is 0 Å².